The highest BCUT2D eigenvalue weighted by molar-refractivity contribution is 5.99. The van der Waals surface area contributed by atoms with Crippen molar-refractivity contribution in [1.29, 1.82) is 0 Å². The van der Waals surface area contributed by atoms with Gasteiger partial charge in [-0.1, -0.05) is 59.8 Å². The topological polar surface area (TPSA) is 66.6 Å². The lowest BCUT2D eigenvalue weighted by molar-refractivity contribution is 0.0787. The maximum absolute atomic E-state index is 13.0. The van der Waals surface area contributed by atoms with Gasteiger partial charge in [-0.2, -0.15) is 0 Å². The molecule has 138 valence electrons. The zero-order chi connectivity index (χ0) is 18.6. The van der Waals surface area contributed by atoms with Crippen molar-refractivity contribution in [2.75, 3.05) is 13.1 Å². The first-order chi connectivity index (χ1) is 13.2. The Balaban J connectivity index is 1.45. The predicted molar refractivity (Wildman–Crippen MR) is 102 cm³/mol. The summed E-state index contributed by atoms with van der Waals surface area (Å²) in [5.74, 6) is 0.921. The number of carbonyl (C=O) groups excluding carboxylic acids is 1. The Hall–Kier alpha value is -2.92. The number of benzene rings is 2. The van der Waals surface area contributed by atoms with E-state index in [1.165, 1.54) is 11.8 Å². The van der Waals surface area contributed by atoms with E-state index in [0.717, 1.165) is 37.1 Å². The number of aliphatic hydroxyl groups is 1. The molecule has 2 heterocycles. The Labute approximate surface area is 158 Å². The van der Waals surface area contributed by atoms with Crippen LogP contribution in [0.2, 0.25) is 0 Å². The molecule has 5 nitrogen and oxygen atoms in total. The SMILES string of the molecule is O=C(c1cnoc1-c1ccccc1)N1CC[C@@H](Cc2cccc(CO)c2)C1. The van der Waals surface area contributed by atoms with Crippen LogP contribution in [0.3, 0.4) is 0 Å². The smallest absolute Gasteiger partial charge is 0.259 e. The highest BCUT2D eigenvalue weighted by atomic mass is 16.5. The van der Waals surface area contributed by atoms with Gasteiger partial charge >= 0.3 is 0 Å². The molecule has 0 radical (unpaired) electrons. The third kappa shape index (κ3) is 3.78. The third-order valence-electron chi connectivity index (χ3n) is 5.11. The van der Waals surface area contributed by atoms with Crippen LogP contribution in [0.4, 0.5) is 0 Å². The average Bonchev–Trinajstić information content (AvgIpc) is 3.38. The first-order valence-corrected chi connectivity index (χ1v) is 9.22. The summed E-state index contributed by atoms with van der Waals surface area (Å²) in [6, 6.07) is 17.6. The van der Waals surface area contributed by atoms with Gasteiger partial charge < -0.3 is 14.5 Å². The second-order valence-corrected chi connectivity index (χ2v) is 7.02. The highest BCUT2D eigenvalue weighted by Crippen LogP contribution is 2.28. The fourth-order valence-corrected chi connectivity index (χ4v) is 3.73. The largest absolute Gasteiger partial charge is 0.392 e. The molecule has 2 aromatic carbocycles. The monoisotopic (exact) mass is 362 g/mol. The molecule has 0 saturated carbocycles. The minimum absolute atomic E-state index is 0.0262. The lowest BCUT2D eigenvalue weighted by Gasteiger charge is -2.16. The van der Waals surface area contributed by atoms with E-state index in [1.807, 2.05) is 53.4 Å². The molecule has 1 aromatic heterocycles. The van der Waals surface area contributed by atoms with Crippen molar-refractivity contribution in [3.05, 3.63) is 77.5 Å². The molecule has 1 aliphatic rings. The number of likely N-dealkylation sites (tertiary alicyclic amines) is 1. The Morgan fingerprint density at radius 1 is 1.15 bits per heavy atom. The minimum Gasteiger partial charge on any atom is -0.392 e. The van der Waals surface area contributed by atoms with Crippen LogP contribution in [-0.4, -0.2) is 34.2 Å². The second-order valence-electron chi connectivity index (χ2n) is 7.02. The summed E-state index contributed by atoms with van der Waals surface area (Å²) in [7, 11) is 0. The van der Waals surface area contributed by atoms with Crippen molar-refractivity contribution in [3.8, 4) is 11.3 Å². The molecule has 1 amide bonds. The Kier molecular flexibility index (Phi) is 5.03. The summed E-state index contributed by atoms with van der Waals surface area (Å²) in [6.45, 7) is 1.52. The van der Waals surface area contributed by atoms with E-state index in [1.54, 1.807) is 0 Å². The van der Waals surface area contributed by atoms with Crippen molar-refractivity contribution in [1.82, 2.24) is 10.1 Å². The van der Waals surface area contributed by atoms with Crippen LogP contribution in [0.25, 0.3) is 11.3 Å². The fourth-order valence-electron chi connectivity index (χ4n) is 3.73. The molecular formula is C22H22N2O3. The molecule has 1 atom stereocenters. The standard InChI is InChI=1S/C22H22N2O3/c25-15-18-6-4-5-16(12-18)11-17-9-10-24(14-17)22(26)20-13-23-27-21(20)19-7-2-1-3-8-19/h1-8,12-13,17,25H,9-11,14-15H2/t17-/m0/s1. The van der Waals surface area contributed by atoms with Gasteiger partial charge in [0.1, 0.15) is 5.56 Å². The van der Waals surface area contributed by atoms with Crippen molar-refractivity contribution in [2.45, 2.75) is 19.4 Å². The van der Waals surface area contributed by atoms with Gasteiger partial charge in [0.25, 0.3) is 5.91 Å². The quantitative estimate of drug-likeness (QED) is 0.754. The molecule has 0 bridgehead atoms. The summed E-state index contributed by atoms with van der Waals surface area (Å²) in [6.07, 6.45) is 3.40. The molecule has 1 saturated heterocycles. The number of nitrogens with zero attached hydrogens (tertiary/aromatic N) is 2. The van der Waals surface area contributed by atoms with Crippen LogP contribution >= 0.6 is 0 Å². The summed E-state index contributed by atoms with van der Waals surface area (Å²) in [4.78, 5) is 14.9. The van der Waals surface area contributed by atoms with Crippen LogP contribution in [0.1, 0.15) is 27.9 Å². The summed E-state index contributed by atoms with van der Waals surface area (Å²) >= 11 is 0. The molecule has 5 heteroatoms. The molecule has 4 rings (SSSR count). The van der Waals surface area contributed by atoms with Crippen LogP contribution in [0, 0.1) is 5.92 Å². The zero-order valence-corrected chi connectivity index (χ0v) is 15.0. The van der Waals surface area contributed by atoms with Crippen LogP contribution in [0.5, 0.6) is 0 Å². The van der Waals surface area contributed by atoms with Gasteiger partial charge in [0.05, 0.1) is 12.8 Å². The van der Waals surface area contributed by atoms with Crippen molar-refractivity contribution in [2.24, 2.45) is 5.92 Å². The van der Waals surface area contributed by atoms with Crippen LogP contribution < -0.4 is 0 Å². The number of rotatable bonds is 5. The first-order valence-electron chi connectivity index (χ1n) is 9.22. The summed E-state index contributed by atoms with van der Waals surface area (Å²) in [5, 5.41) is 13.1. The molecule has 1 N–H and O–H groups in total. The van der Waals surface area contributed by atoms with Gasteiger partial charge in [-0.25, -0.2) is 0 Å². The number of amides is 1. The number of hydrogen-bond donors (Lipinski definition) is 1. The van der Waals surface area contributed by atoms with Gasteiger partial charge in [0, 0.05) is 18.7 Å². The van der Waals surface area contributed by atoms with Crippen molar-refractivity contribution in [3.63, 3.8) is 0 Å². The molecule has 27 heavy (non-hydrogen) atoms. The number of aromatic nitrogens is 1. The van der Waals surface area contributed by atoms with E-state index in [9.17, 15) is 9.90 Å². The highest BCUT2D eigenvalue weighted by Gasteiger charge is 2.30. The number of aliphatic hydroxyl groups excluding tert-OH is 1. The van der Waals surface area contributed by atoms with Gasteiger partial charge in [-0.05, 0) is 29.9 Å². The maximum atomic E-state index is 13.0. The van der Waals surface area contributed by atoms with Gasteiger partial charge in [0.15, 0.2) is 5.76 Å². The molecular weight excluding hydrogens is 340 g/mol. The fraction of sp³-hybridized carbons (Fsp3) is 0.273. The van der Waals surface area contributed by atoms with E-state index >= 15 is 0 Å². The molecule has 1 aliphatic heterocycles. The second kappa shape index (κ2) is 7.76. The molecule has 3 aromatic rings. The van der Waals surface area contributed by atoms with E-state index in [0.29, 0.717) is 17.2 Å². The average molecular weight is 362 g/mol. The molecule has 0 aliphatic carbocycles. The Morgan fingerprint density at radius 2 is 1.96 bits per heavy atom. The number of carbonyl (C=O) groups is 1. The molecule has 1 fully saturated rings. The first kappa shape index (κ1) is 17.5. The van der Waals surface area contributed by atoms with Gasteiger partial charge in [0.2, 0.25) is 0 Å². The normalized spacial score (nSPS) is 16.6. The Morgan fingerprint density at radius 3 is 2.78 bits per heavy atom. The summed E-state index contributed by atoms with van der Waals surface area (Å²) in [5.41, 5.74) is 3.50. The third-order valence-corrected chi connectivity index (χ3v) is 5.11. The van der Waals surface area contributed by atoms with Crippen molar-refractivity contribution >= 4 is 5.91 Å². The predicted octanol–water partition coefficient (Wildman–Crippen LogP) is 3.54. The zero-order valence-electron chi connectivity index (χ0n) is 15.0. The summed E-state index contributed by atoms with van der Waals surface area (Å²) < 4.78 is 5.36. The Bertz CT molecular complexity index is 920. The van der Waals surface area contributed by atoms with Gasteiger partial charge in [-0.15, -0.1) is 0 Å². The molecule has 0 unspecified atom stereocenters. The van der Waals surface area contributed by atoms with Crippen molar-refractivity contribution < 1.29 is 14.4 Å². The van der Waals surface area contributed by atoms with E-state index in [-0.39, 0.29) is 12.5 Å². The van der Waals surface area contributed by atoms with E-state index in [2.05, 4.69) is 11.2 Å². The van der Waals surface area contributed by atoms with E-state index < -0.39 is 0 Å². The van der Waals surface area contributed by atoms with E-state index in [4.69, 9.17) is 4.52 Å². The molecule has 0 spiro atoms. The minimum atomic E-state index is -0.0262. The lowest BCUT2D eigenvalue weighted by Crippen LogP contribution is -2.29. The van der Waals surface area contributed by atoms with Crippen LogP contribution in [-0.2, 0) is 13.0 Å². The lowest BCUT2D eigenvalue weighted by atomic mass is 9.97. The number of hydrogen-bond acceptors (Lipinski definition) is 4. The maximum Gasteiger partial charge on any atom is 0.259 e. The van der Waals surface area contributed by atoms with Gasteiger partial charge in [-0.3, -0.25) is 4.79 Å². The van der Waals surface area contributed by atoms with Crippen LogP contribution in [0.15, 0.2) is 65.3 Å².